The lowest BCUT2D eigenvalue weighted by Gasteiger charge is -2.28. The number of ether oxygens (including phenoxy) is 2. The van der Waals surface area contributed by atoms with E-state index in [1.54, 1.807) is 14.2 Å². The Kier molecular flexibility index (Phi) is 5.83. The van der Waals surface area contributed by atoms with Gasteiger partial charge in [-0.05, 0) is 29.8 Å². The van der Waals surface area contributed by atoms with Gasteiger partial charge in [-0.2, -0.15) is 0 Å². The maximum Gasteiger partial charge on any atom is 0.227 e. The molecule has 0 saturated heterocycles. The van der Waals surface area contributed by atoms with E-state index in [4.69, 9.17) is 26.1 Å². The van der Waals surface area contributed by atoms with E-state index in [9.17, 15) is 0 Å². The van der Waals surface area contributed by atoms with Crippen LogP contribution in [0.5, 0.6) is 11.5 Å². The van der Waals surface area contributed by atoms with Gasteiger partial charge in [0.05, 0.1) is 25.6 Å². The quantitative estimate of drug-likeness (QED) is 0.647. The molecule has 1 aliphatic rings. The average molecular weight is 411 g/mol. The van der Waals surface area contributed by atoms with Crippen LogP contribution in [0.25, 0.3) is 0 Å². The van der Waals surface area contributed by atoms with Crippen LogP contribution in [0.4, 0.5) is 11.6 Å². The zero-order valence-electron chi connectivity index (χ0n) is 16.5. The number of hydrogen-bond donors (Lipinski definition) is 1. The number of nitrogens with zero attached hydrogens (tertiary/aromatic N) is 3. The molecule has 1 N–H and O–H groups in total. The van der Waals surface area contributed by atoms with E-state index in [-0.39, 0.29) is 0 Å². The van der Waals surface area contributed by atoms with Crippen molar-refractivity contribution in [2.75, 3.05) is 26.1 Å². The molecule has 0 amide bonds. The molecule has 29 heavy (non-hydrogen) atoms. The maximum absolute atomic E-state index is 5.98. The Balaban J connectivity index is 1.46. The highest BCUT2D eigenvalue weighted by Crippen LogP contribution is 2.31. The van der Waals surface area contributed by atoms with E-state index in [2.05, 4.69) is 27.3 Å². The summed E-state index contributed by atoms with van der Waals surface area (Å²) in [6.07, 6.45) is 2.80. The van der Waals surface area contributed by atoms with Crippen molar-refractivity contribution in [2.45, 2.75) is 19.5 Å². The molecule has 0 bridgehead atoms. The molecule has 6 nitrogen and oxygen atoms in total. The standard InChI is InChI=1S/C22H23ClN4O2/c1-28-18-7-8-20(21(11-18)29-2)26-22-24-12-16-14-27(10-9-19(16)25-22)13-15-3-5-17(23)6-4-15/h3-8,11-12H,9-10,13-14H2,1-2H3,(H,24,25,26). The lowest BCUT2D eigenvalue weighted by molar-refractivity contribution is 0.243. The summed E-state index contributed by atoms with van der Waals surface area (Å²) < 4.78 is 10.7. The molecule has 2 aromatic carbocycles. The van der Waals surface area contributed by atoms with Crippen molar-refractivity contribution < 1.29 is 9.47 Å². The van der Waals surface area contributed by atoms with Crippen LogP contribution in [0.15, 0.2) is 48.7 Å². The number of fused-ring (bicyclic) bond motifs is 1. The van der Waals surface area contributed by atoms with Crippen LogP contribution in [0, 0.1) is 0 Å². The largest absolute Gasteiger partial charge is 0.497 e. The van der Waals surface area contributed by atoms with Crippen LogP contribution in [0.3, 0.4) is 0 Å². The summed E-state index contributed by atoms with van der Waals surface area (Å²) in [5, 5.41) is 4.02. The second-order valence-electron chi connectivity index (χ2n) is 6.94. The summed E-state index contributed by atoms with van der Waals surface area (Å²) >= 11 is 5.98. The average Bonchev–Trinajstić information content (AvgIpc) is 2.75. The Labute approximate surface area is 175 Å². The minimum absolute atomic E-state index is 0.568. The first kappa shape index (κ1) is 19.5. The Morgan fingerprint density at radius 2 is 1.93 bits per heavy atom. The third kappa shape index (κ3) is 4.60. The predicted molar refractivity (Wildman–Crippen MR) is 114 cm³/mol. The number of benzene rings is 2. The molecule has 4 rings (SSSR count). The van der Waals surface area contributed by atoms with Crippen molar-refractivity contribution in [3.63, 3.8) is 0 Å². The first-order valence-electron chi connectivity index (χ1n) is 9.45. The second-order valence-corrected chi connectivity index (χ2v) is 7.38. The molecule has 0 unspecified atom stereocenters. The van der Waals surface area contributed by atoms with Crippen molar-refractivity contribution in [1.82, 2.24) is 14.9 Å². The summed E-state index contributed by atoms with van der Waals surface area (Å²) in [6, 6.07) is 13.6. The van der Waals surface area contributed by atoms with E-state index in [1.165, 1.54) is 5.56 Å². The van der Waals surface area contributed by atoms with Gasteiger partial charge in [-0.3, -0.25) is 4.90 Å². The molecule has 0 radical (unpaired) electrons. The molecule has 0 saturated carbocycles. The molecular formula is C22H23ClN4O2. The smallest absolute Gasteiger partial charge is 0.227 e. The molecule has 0 atom stereocenters. The van der Waals surface area contributed by atoms with Crippen LogP contribution in [0.2, 0.25) is 5.02 Å². The van der Waals surface area contributed by atoms with E-state index in [0.717, 1.165) is 53.8 Å². The fourth-order valence-corrected chi connectivity index (χ4v) is 3.57. The highest BCUT2D eigenvalue weighted by atomic mass is 35.5. The van der Waals surface area contributed by atoms with Gasteiger partial charge in [-0.1, -0.05) is 23.7 Å². The second kappa shape index (κ2) is 8.68. The van der Waals surface area contributed by atoms with Crippen molar-refractivity contribution in [3.05, 3.63) is 70.5 Å². The van der Waals surface area contributed by atoms with Gasteiger partial charge in [-0.15, -0.1) is 0 Å². The van der Waals surface area contributed by atoms with Crippen LogP contribution < -0.4 is 14.8 Å². The molecule has 1 aliphatic heterocycles. The van der Waals surface area contributed by atoms with Gasteiger partial charge in [0.2, 0.25) is 5.95 Å². The van der Waals surface area contributed by atoms with Gasteiger partial charge in [-0.25, -0.2) is 9.97 Å². The van der Waals surface area contributed by atoms with E-state index in [1.807, 2.05) is 36.5 Å². The lowest BCUT2D eigenvalue weighted by atomic mass is 10.1. The van der Waals surface area contributed by atoms with E-state index < -0.39 is 0 Å². The van der Waals surface area contributed by atoms with Crippen molar-refractivity contribution >= 4 is 23.2 Å². The number of hydrogen-bond acceptors (Lipinski definition) is 6. The minimum atomic E-state index is 0.568. The van der Waals surface area contributed by atoms with Crippen LogP contribution >= 0.6 is 11.6 Å². The van der Waals surface area contributed by atoms with Crippen LogP contribution in [-0.2, 0) is 19.5 Å². The molecule has 7 heteroatoms. The van der Waals surface area contributed by atoms with Crippen molar-refractivity contribution in [3.8, 4) is 11.5 Å². The minimum Gasteiger partial charge on any atom is -0.497 e. The Morgan fingerprint density at radius 1 is 1.10 bits per heavy atom. The number of halogens is 1. The van der Waals surface area contributed by atoms with Crippen molar-refractivity contribution in [2.24, 2.45) is 0 Å². The summed E-state index contributed by atoms with van der Waals surface area (Å²) in [6.45, 7) is 2.68. The van der Waals surface area contributed by atoms with Gasteiger partial charge in [0, 0.05) is 48.9 Å². The Hall–Kier alpha value is -2.83. The number of anilines is 2. The molecule has 150 valence electrons. The molecule has 1 aromatic heterocycles. The molecule has 3 aromatic rings. The predicted octanol–water partition coefficient (Wildman–Crippen LogP) is 4.45. The van der Waals surface area contributed by atoms with Gasteiger partial charge in [0.25, 0.3) is 0 Å². The van der Waals surface area contributed by atoms with Gasteiger partial charge < -0.3 is 14.8 Å². The van der Waals surface area contributed by atoms with E-state index >= 15 is 0 Å². The highest BCUT2D eigenvalue weighted by molar-refractivity contribution is 6.30. The van der Waals surface area contributed by atoms with Gasteiger partial charge in [0.15, 0.2) is 0 Å². The molecule has 0 fully saturated rings. The SMILES string of the molecule is COc1ccc(Nc2ncc3c(n2)CCN(Cc2ccc(Cl)cc2)C3)c(OC)c1. The molecule has 0 aliphatic carbocycles. The topological polar surface area (TPSA) is 59.5 Å². The zero-order valence-corrected chi connectivity index (χ0v) is 17.2. The molecule has 2 heterocycles. The monoisotopic (exact) mass is 410 g/mol. The number of methoxy groups -OCH3 is 2. The van der Waals surface area contributed by atoms with Crippen molar-refractivity contribution in [1.29, 1.82) is 0 Å². The third-order valence-electron chi connectivity index (χ3n) is 4.99. The molecular weight excluding hydrogens is 388 g/mol. The number of nitrogens with one attached hydrogen (secondary N) is 1. The van der Waals surface area contributed by atoms with E-state index in [0.29, 0.717) is 11.7 Å². The summed E-state index contributed by atoms with van der Waals surface area (Å²) in [4.78, 5) is 11.6. The fourth-order valence-electron chi connectivity index (χ4n) is 3.44. The van der Waals surface area contributed by atoms with Gasteiger partial charge in [0.1, 0.15) is 11.5 Å². The third-order valence-corrected chi connectivity index (χ3v) is 5.24. The summed E-state index contributed by atoms with van der Waals surface area (Å²) in [5.41, 5.74) is 4.30. The van der Waals surface area contributed by atoms with Gasteiger partial charge >= 0.3 is 0 Å². The number of aromatic nitrogens is 2. The van der Waals surface area contributed by atoms with Crippen LogP contribution in [-0.4, -0.2) is 35.6 Å². The summed E-state index contributed by atoms with van der Waals surface area (Å²) in [5.74, 6) is 1.98. The zero-order chi connectivity index (χ0) is 20.2. The Morgan fingerprint density at radius 3 is 2.69 bits per heavy atom. The maximum atomic E-state index is 5.98. The Bertz CT molecular complexity index is 995. The normalized spacial score (nSPS) is 13.6. The number of rotatable bonds is 6. The highest BCUT2D eigenvalue weighted by Gasteiger charge is 2.19. The fraction of sp³-hybridized carbons (Fsp3) is 0.273. The van der Waals surface area contributed by atoms with Crippen LogP contribution in [0.1, 0.15) is 16.8 Å². The first-order chi connectivity index (χ1) is 14.1. The summed E-state index contributed by atoms with van der Waals surface area (Å²) in [7, 11) is 3.26. The lowest BCUT2D eigenvalue weighted by Crippen LogP contribution is -2.31. The first-order valence-corrected chi connectivity index (χ1v) is 9.83. The molecule has 0 spiro atoms.